The highest BCUT2D eigenvalue weighted by molar-refractivity contribution is 4.81. The third-order valence-electron chi connectivity index (χ3n) is 1.20. The maximum atomic E-state index is 10.9. The van der Waals surface area contributed by atoms with E-state index in [1.54, 1.807) is 0 Å². The molecule has 60 valence electrons. The van der Waals surface area contributed by atoms with Crippen molar-refractivity contribution in [2.24, 2.45) is 0 Å². The van der Waals surface area contributed by atoms with Crippen LogP contribution < -0.4 is 11.2 Å². The van der Waals surface area contributed by atoms with Crippen molar-refractivity contribution in [2.45, 2.75) is 6.73 Å². The van der Waals surface area contributed by atoms with Crippen LogP contribution in [0.3, 0.4) is 0 Å². The molecular weight excluding hydrogens is 148 g/mol. The summed E-state index contributed by atoms with van der Waals surface area (Å²) < 4.78 is 5.59. The SMILES string of the molecule is COCn1c(=O)cc[nH]c1=O. The molecule has 11 heavy (non-hydrogen) atoms. The van der Waals surface area contributed by atoms with E-state index in [4.69, 9.17) is 0 Å². The van der Waals surface area contributed by atoms with Gasteiger partial charge in [-0.3, -0.25) is 4.79 Å². The van der Waals surface area contributed by atoms with Gasteiger partial charge in [0.05, 0.1) is 0 Å². The number of nitrogens with zero attached hydrogens (tertiary/aromatic N) is 1. The largest absolute Gasteiger partial charge is 0.364 e. The minimum absolute atomic E-state index is 0.0188. The Morgan fingerprint density at radius 3 is 2.91 bits per heavy atom. The molecular formula is C6H8N2O3. The summed E-state index contributed by atoms with van der Waals surface area (Å²) in [6.45, 7) is -0.0188. The molecule has 0 amide bonds. The van der Waals surface area contributed by atoms with E-state index in [0.717, 1.165) is 4.57 Å². The molecule has 1 heterocycles. The highest BCUT2D eigenvalue weighted by Gasteiger charge is 1.96. The minimum atomic E-state index is -0.459. The summed E-state index contributed by atoms with van der Waals surface area (Å²) in [5, 5.41) is 0. The van der Waals surface area contributed by atoms with E-state index in [1.165, 1.54) is 19.4 Å². The van der Waals surface area contributed by atoms with Crippen LogP contribution in [0.2, 0.25) is 0 Å². The molecule has 1 N–H and O–H groups in total. The van der Waals surface area contributed by atoms with Crippen LogP contribution in [0, 0.1) is 0 Å². The molecule has 0 radical (unpaired) electrons. The van der Waals surface area contributed by atoms with Crippen molar-refractivity contribution >= 4 is 0 Å². The van der Waals surface area contributed by atoms with Gasteiger partial charge in [-0.2, -0.15) is 0 Å². The van der Waals surface area contributed by atoms with Gasteiger partial charge in [0.15, 0.2) is 0 Å². The van der Waals surface area contributed by atoms with Gasteiger partial charge < -0.3 is 9.72 Å². The summed E-state index contributed by atoms with van der Waals surface area (Å²) in [5.41, 5.74) is -0.824. The van der Waals surface area contributed by atoms with Crippen molar-refractivity contribution in [3.05, 3.63) is 33.1 Å². The molecule has 0 aliphatic heterocycles. The smallest absolute Gasteiger partial charge is 0.330 e. The fraction of sp³-hybridized carbons (Fsp3) is 0.333. The van der Waals surface area contributed by atoms with Gasteiger partial charge >= 0.3 is 5.69 Å². The van der Waals surface area contributed by atoms with E-state index >= 15 is 0 Å². The average molecular weight is 156 g/mol. The van der Waals surface area contributed by atoms with Crippen LogP contribution in [0.15, 0.2) is 21.9 Å². The average Bonchev–Trinajstić information content (AvgIpc) is 1.97. The lowest BCUT2D eigenvalue weighted by molar-refractivity contribution is 0.124. The molecule has 5 heteroatoms. The van der Waals surface area contributed by atoms with Crippen LogP contribution in [-0.4, -0.2) is 16.7 Å². The summed E-state index contributed by atoms with van der Waals surface area (Å²) in [5.74, 6) is 0. The normalized spacial score (nSPS) is 9.91. The lowest BCUT2D eigenvalue weighted by atomic mass is 10.6. The van der Waals surface area contributed by atoms with Crippen molar-refractivity contribution < 1.29 is 4.74 Å². The van der Waals surface area contributed by atoms with Gasteiger partial charge in [-0.15, -0.1) is 0 Å². The zero-order valence-electron chi connectivity index (χ0n) is 6.03. The van der Waals surface area contributed by atoms with Gasteiger partial charge in [0.25, 0.3) is 5.56 Å². The Kier molecular flexibility index (Phi) is 2.22. The number of rotatable bonds is 2. The molecule has 0 aromatic carbocycles. The molecule has 1 aromatic heterocycles. The van der Waals surface area contributed by atoms with Crippen molar-refractivity contribution in [3.63, 3.8) is 0 Å². The number of nitrogens with one attached hydrogen (secondary N) is 1. The molecule has 1 rings (SSSR count). The van der Waals surface area contributed by atoms with E-state index in [9.17, 15) is 9.59 Å². The Bertz CT molecular complexity index is 310. The van der Waals surface area contributed by atoms with Crippen molar-refractivity contribution in [1.82, 2.24) is 9.55 Å². The molecule has 0 atom stereocenters. The van der Waals surface area contributed by atoms with Crippen LogP contribution >= 0.6 is 0 Å². The summed E-state index contributed by atoms with van der Waals surface area (Å²) in [4.78, 5) is 24.1. The van der Waals surface area contributed by atoms with Crippen LogP contribution in [0.4, 0.5) is 0 Å². The number of methoxy groups -OCH3 is 1. The first-order valence-corrected chi connectivity index (χ1v) is 3.03. The van der Waals surface area contributed by atoms with E-state index in [0.29, 0.717) is 0 Å². The molecule has 0 spiro atoms. The van der Waals surface area contributed by atoms with Gasteiger partial charge in [-0.05, 0) is 0 Å². The van der Waals surface area contributed by atoms with Gasteiger partial charge in [0, 0.05) is 19.4 Å². The standard InChI is InChI=1S/C6H8N2O3/c1-11-4-8-5(9)2-3-7-6(8)10/h2-3H,4H2,1H3,(H,7,10). The Morgan fingerprint density at radius 1 is 1.64 bits per heavy atom. The fourth-order valence-corrected chi connectivity index (χ4v) is 0.704. The summed E-state index contributed by atoms with van der Waals surface area (Å²) in [7, 11) is 1.42. The van der Waals surface area contributed by atoms with Gasteiger partial charge in [0.1, 0.15) is 6.73 Å². The Morgan fingerprint density at radius 2 is 2.36 bits per heavy atom. The summed E-state index contributed by atoms with van der Waals surface area (Å²) in [6, 6.07) is 1.26. The van der Waals surface area contributed by atoms with E-state index in [1.807, 2.05) is 0 Å². The minimum Gasteiger partial charge on any atom is -0.364 e. The topological polar surface area (TPSA) is 64.1 Å². The monoisotopic (exact) mass is 156 g/mol. The summed E-state index contributed by atoms with van der Waals surface area (Å²) in [6.07, 6.45) is 1.30. The maximum Gasteiger partial charge on any atom is 0.330 e. The molecule has 0 bridgehead atoms. The van der Waals surface area contributed by atoms with Crippen LogP contribution in [-0.2, 0) is 11.5 Å². The highest BCUT2D eigenvalue weighted by atomic mass is 16.5. The van der Waals surface area contributed by atoms with E-state index < -0.39 is 5.69 Å². The zero-order chi connectivity index (χ0) is 8.27. The molecule has 0 fully saturated rings. The Hall–Kier alpha value is -1.36. The predicted molar refractivity (Wildman–Crippen MR) is 38.3 cm³/mol. The lowest BCUT2D eigenvalue weighted by Gasteiger charge is -1.99. The molecule has 0 saturated carbocycles. The summed E-state index contributed by atoms with van der Waals surface area (Å²) >= 11 is 0. The molecule has 0 unspecified atom stereocenters. The van der Waals surface area contributed by atoms with Crippen molar-refractivity contribution in [1.29, 1.82) is 0 Å². The first-order chi connectivity index (χ1) is 5.25. The molecule has 0 aliphatic rings. The zero-order valence-corrected chi connectivity index (χ0v) is 6.03. The second-order valence-electron chi connectivity index (χ2n) is 1.97. The van der Waals surface area contributed by atoms with Gasteiger partial charge in [0.2, 0.25) is 0 Å². The first kappa shape index (κ1) is 7.74. The number of aromatic amines is 1. The lowest BCUT2D eigenvalue weighted by Crippen LogP contribution is -2.34. The Labute approximate surface area is 62.2 Å². The second-order valence-corrected chi connectivity index (χ2v) is 1.97. The number of H-pyrrole nitrogens is 1. The first-order valence-electron chi connectivity index (χ1n) is 3.03. The van der Waals surface area contributed by atoms with Gasteiger partial charge in [-0.25, -0.2) is 9.36 Å². The Balaban J connectivity index is 3.22. The van der Waals surface area contributed by atoms with E-state index in [-0.39, 0.29) is 12.3 Å². The number of hydrogen-bond acceptors (Lipinski definition) is 3. The third kappa shape index (κ3) is 1.56. The molecule has 5 nitrogen and oxygen atoms in total. The fourth-order valence-electron chi connectivity index (χ4n) is 0.704. The van der Waals surface area contributed by atoms with Gasteiger partial charge in [-0.1, -0.05) is 0 Å². The second kappa shape index (κ2) is 3.16. The molecule has 0 aliphatic carbocycles. The third-order valence-corrected chi connectivity index (χ3v) is 1.20. The molecule has 0 saturated heterocycles. The van der Waals surface area contributed by atoms with Crippen LogP contribution in [0.1, 0.15) is 0 Å². The van der Waals surface area contributed by atoms with Crippen molar-refractivity contribution in [3.8, 4) is 0 Å². The van der Waals surface area contributed by atoms with Crippen LogP contribution in [0.25, 0.3) is 0 Å². The maximum absolute atomic E-state index is 10.9. The van der Waals surface area contributed by atoms with Crippen molar-refractivity contribution in [2.75, 3.05) is 7.11 Å². The number of ether oxygens (including phenoxy) is 1. The van der Waals surface area contributed by atoms with E-state index in [2.05, 4.69) is 9.72 Å². The number of hydrogen-bond donors (Lipinski definition) is 1. The number of aromatic nitrogens is 2. The quantitative estimate of drug-likeness (QED) is 0.606. The highest BCUT2D eigenvalue weighted by Crippen LogP contribution is 1.70. The van der Waals surface area contributed by atoms with Crippen LogP contribution in [0.5, 0.6) is 0 Å². The molecule has 1 aromatic rings. The predicted octanol–water partition coefficient (Wildman–Crippen LogP) is -0.860.